The lowest BCUT2D eigenvalue weighted by atomic mass is 10.2. The normalized spacial score (nSPS) is 21.4. The lowest BCUT2D eigenvalue weighted by Gasteiger charge is -2.34. The molecule has 1 aliphatic rings. The van der Waals surface area contributed by atoms with Gasteiger partial charge in [-0.05, 0) is 22.4 Å². The van der Waals surface area contributed by atoms with Gasteiger partial charge in [0.05, 0.1) is 29.1 Å². The summed E-state index contributed by atoms with van der Waals surface area (Å²) in [5, 5.41) is 4.53. The van der Waals surface area contributed by atoms with Crippen LogP contribution in [0.15, 0.2) is 4.47 Å². The van der Waals surface area contributed by atoms with Crippen molar-refractivity contribution in [2.75, 3.05) is 26.3 Å². The first-order valence-corrected chi connectivity index (χ1v) is 7.18. The zero-order valence-electron chi connectivity index (χ0n) is 11.0. The summed E-state index contributed by atoms with van der Waals surface area (Å²) >= 11 is 3.66. The molecule has 102 valence electrons. The Bertz CT molecular complexity index is 407. The summed E-state index contributed by atoms with van der Waals surface area (Å²) in [4.78, 5) is 2.38. The van der Waals surface area contributed by atoms with Gasteiger partial charge in [-0.2, -0.15) is 5.10 Å². The largest absolute Gasteiger partial charge is 0.378 e. The molecule has 1 unspecified atom stereocenters. The molecule has 6 heteroatoms. The average molecular weight is 317 g/mol. The van der Waals surface area contributed by atoms with Gasteiger partial charge >= 0.3 is 0 Å². The Balaban J connectivity index is 2.15. The van der Waals surface area contributed by atoms with Gasteiger partial charge in [-0.1, -0.05) is 6.92 Å². The van der Waals surface area contributed by atoms with Crippen molar-refractivity contribution < 1.29 is 4.74 Å². The van der Waals surface area contributed by atoms with Gasteiger partial charge in [-0.25, -0.2) is 0 Å². The monoisotopic (exact) mass is 316 g/mol. The standard InChI is InChI=1S/C12H21BrN4O/c1-3-10-12(13)11(16(2)15-10)7-17-4-5-18-8-9(17)6-14/h9H,3-8,14H2,1-2H3. The zero-order valence-corrected chi connectivity index (χ0v) is 12.6. The quantitative estimate of drug-likeness (QED) is 0.897. The van der Waals surface area contributed by atoms with Gasteiger partial charge in [0.1, 0.15) is 0 Å². The molecule has 1 atom stereocenters. The maximum Gasteiger partial charge on any atom is 0.0767 e. The summed E-state index contributed by atoms with van der Waals surface area (Å²) in [5.74, 6) is 0. The maximum atomic E-state index is 5.80. The number of ether oxygens (including phenoxy) is 1. The molecule has 1 fully saturated rings. The van der Waals surface area contributed by atoms with E-state index in [2.05, 4.69) is 32.9 Å². The van der Waals surface area contributed by atoms with Gasteiger partial charge in [0.2, 0.25) is 0 Å². The Hall–Kier alpha value is -0.430. The van der Waals surface area contributed by atoms with Gasteiger partial charge in [0.15, 0.2) is 0 Å². The van der Waals surface area contributed by atoms with Crippen LogP contribution >= 0.6 is 15.9 Å². The summed E-state index contributed by atoms with van der Waals surface area (Å²) in [5.41, 5.74) is 8.13. The van der Waals surface area contributed by atoms with Gasteiger partial charge in [0.25, 0.3) is 0 Å². The zero-order chi connectivity index (χ0) is 13.1. The van der Waals surface area contributed by atoms with Crippen molar-refractivity contribution in [2.24, 2.45) is 12.8 Å². The average Bonchev–Trinajstić information content (AvgIpc) is 2.66. The van der Waals surface area contributed by atoms with E-state index in [1.807, 2.05) is 11.7 Å². The number of rotatable bonds is 4. The summed E-state index contributed by atoms with van der Waals surface area (Å²) in [7, 11) is 2.00. The van der Waals surface area contributed by atoms with Crippen LogP contribution in [0.3, 0.4) is 0 Å². The van der Waals surface area contributed by atoms with Crippen molar-refractivity contribution >= 4 is 15.9 Å². The van der Waals surface area contributed by atoms with E-state index in [1.54, 1.807) is 0 Å². The second-order valence-corrected chi connectivity index (χ2v) is 5.41. The molecule has 18 heavy (non-hydrogen) atoms. The van der Waals surface area contributed by atoms with Crippen LogP contribution in [0.1, 0.15) is 18.3 Å². The highest BCUT2D eigenvalue weighted by Crippen LogP contribution is 2.24. The number of nitrogens with two attached hydrogens (primary N) is 1. The summed E-state index contributed by atoms with van der Waals surface area (Å²) < 4.78 is 8.57. The third kappa shape index (κ3) is 2.77. The van der Waals surface area contributed by atoms with Crippen LogP contribution < -0.4 is 5.73 Å². The highest BCUT2D eigenvalue weighted by molar-refractivity contribution is 9.10. The highest BCUT2D eigenvalue weighted by Gasteiger charge is 2.24. The SMILES string of the molecule is CCc1nn(C)c(CN2CCOCC2CN)c1Br. The van der Waals surface area contributed by atoms with Gasteiger partial charge in [-0.3, -0.25) is 9.58 Å². The lowest BCUT2D eigenvalue weighted by Crippen LogP contribution is -2.49. The molecular weight excluding hydrogens is 296 g/mol. The Morgan fingerprint density at radius 3 is 2.94 bits per heavy atom. The fourth-order valence-electron chi connectivity index (χ4n) is 2.30. The molecule has 0 saturated carbocycles. The molecule has 0 radical (unpaired) electrons. The molecule has 0 spiro atoms. The van der Waals surface area contributed by atoms with E-state index in [-0.39, 0.29) is 0 Å². The fraction of sp³-hybridized carbons (Fsp3) is 0.750. The van der Waals surface area contributed by atoms with Crippen LogP contribution in [-0.4, -0.2) is 47.0 Å². The number of aromatic nitrogens is 2. The molecule has 0 aliphatic carbocycles. The van der Waals surface area contributed by atoms with Gasteiger partial charge in [0, 0.05) is 32.7 Å². The third-order valence-corrected chi connectivity index (χ3v) is 4.39. The minimum Gasteiger partial charge on any atom is -0.378 e. The molecule has 0 amide bonds. The summed E-state index contributed by atoms with van der Waals surface area (Å²) in [6.07, 6.45) is 0.942. The molecule has 2 rings (SSSR count). The van der Waals surface area contributed by atoms with Crippen molar-refractivity contribution in [3.05, 3.63) is 15.9 Å². The van der Waals surface area contributed by atoms with E-state index < -0.39 is 0 Å². The molecule has 1 aromatic rings. The van der Waals surface area contributed by atoms with Crippen LogP contribution in [0, 0.1) is 0 Å². The molecule has 1 aliphatic heterocycles. The number of morpholine rings is 1. The molecule has 0 bridgehead atoms. The van der Waals surface area contributed by atoms with E-state index in [1.165, 1.54) is 5.69 Å². The van der Waals surface area contributed by atoms with Crippen molar-refractivity contribution in [1.29, 1.82) is 0 Å². The molecule has 1 saturated heterocycles. The Labute approximate surface area is 116 Å². The summed E-state index contributed by atoms with van der Waals surface area (Å²) in [6.45, 7) is 6.07. The molecule has 5 nitrogen and oxygen atoms in total. The van der Waals surface area contributed by atoms with Gasteiger partial charge < -0.3 is 10.5 Å². The van der Waals surface area contributed by atoms with Crippen LogP contribution in [0.4, 0.5) is 0 Å². The number of nitrogens with zero attached hydrogens (tertiary/aromatic N) is 3. The topological polar surface area (TPSA) is 56.3 Å². The van der Waals surface area contributed by atoms with E-state index in [0.717, 1.165) is 42.9 Å². The lowest BCUT2D eigenvalue weighted by molar-refractivity contribution is -0.00901. The highest BCUT2D eigenvalue weighted by atomic mass is 79.9. The molecular formula is C12H21BrN4O. The number of halogens is 1. The first-order valence-electron chi connectivity index (χ1n) is 6.39. The van der Waals surface area contributed by atoms with Crippen LogP contribution in [0.25, 0.3) is 0 Å². The second kappa shape index (κ2) is 6.14. The van der Waals surface area contributed by atoms with E-state index >= 15 is 0 Å². The first kappa shape index (κ1) is 14.0. The summed E-state index contributed by atoms with van der Waals surface area (Å²) in [6, 6.07) is 0.311. The van der Waals surface area contributed by atoms with Gasteiger partial charge in [-0.15, -0.1) is 0 Å². The maximum absolute atomic E-state index is 5.80. The third-order valence-electron chi connectivity index (χ3n) is 3.48. The molecule has 2 heterocycles. The fourth-order valence-corrected chi connectivity index (χ4v) is 3.04. The van der Waals surface area contributed by atoms with E-state index in [4.69, 9.17) is 10.5 Å². The minimum atomic E-state index is 0.311. The predicted octanol–water partition coefficient (Wildman–Crippen LogP) is 0.905. The number of hydrogen-bond donors (Lipinski definition) is 1. The molecule has 0 aromatic carbocycles. The van der Waals surface area contributed by atoms with Crippen molar-refractivity contribution in [3.8, 4) is 0 Å². The van der Waals surface area contributed by atoms with E-state index in [0.29, 0.717) is 12.6 Å². The molecule has 2 N–H and O–H groups in total. The van der Waals surface area contributed by atoms with Crippen LogP contribution in [-0.2, 0) is 24.8 Å². The van der Waals surface area contributed by atoms with Crippen molar-refractivity contribution in [3.63, 3.8) is 0 Å². The Kier molecular flexibility index (Phi) is 4.77. The van der Waals surface area contributed by atoms with E-state index in [9.17, 15) is 0 Å². The van der Waals surface area contributed by atoms with Crippen molar-refractivity contribution in [2.45, 2.75) is 25.9 Å². The van der Waals surface area contributed by atoms with Crippen molar-refractivity contribution in [1.82, 2.24) is 14.7 Å². The van der Waals surface area contributed by atoms with Crippen LogP contribution in [0.2, 0.25) is 0 Å². The first-order chi connectivity index (χ1) is 8.67. The Morgan fingerprint density at radius 2 is 2.33 bits per heavy atom. The number of hydrogen-bond acceptors (Lipinski definition) is 4. The second-order valence-electron chi connectivity index (χ2n) is 4.62. The smallest absolute Gasteiger partial charge is 0.0767 e. The molecule has 1 aromatic heterocycles. The number of aryl methyl sites for hydroxylation is 2. The van der Waals surface area contributed by atoms with Crippen LogP contribution in [0.5, 0.6) is 0 Å². The minimum absolute atomic E-state index is 0.311. The predicted molar refractivity (Wildman–Crippen MR) is 74.4 cm³/mol. The Morgan fingerprint density at radius 1 is 1.56 bits per heavy atom.